The smallest absolute Gasteiger partial charge is 0.0772 e. The Morgan fingerprint density at radius 3 is 2.21 bits per heavy atom. The predicted molar refractivity (Wildman–Crippen MR) is 81.2 cm³/mol. The zero-order valence-corrected chi connectivity index (χ0v) is 13.3. The van der Waals surface area contributed by atoms with Crippen LogP contribution in [0.15, 0.2) is 0 Å². The van der Waals surface area contributed by atoms with Crippen molar-refractivity contribution in [1.29, 1.82) is 0 Å². The highest BCUT2D eigenvalue weighted by Gasteiger charge is 2.37. The highest BCUT2D eigenvalue weighted by atomic mass is 16.3. The molecule has 0 saturated heterocycles. The van der Waals surface area contributed by atoms with Gasteiger partial charge < -0.3 is 10.4 Å². The minimum atomic E-state index is -0.443. The van der Waals surface area contributed by atoms with Crippen molar-refractivity contribution < 1.29 is 5.11 Å². The number of rotatable bonds is 3. The van der Waals surface area contributed by atoms with E-state index in [1.54, 1.807) is 0 Å². The van der Waals surface area contributed by atoms with Crippen molar-refractivity contribution in [2.75, 3.05) is 6.54 Å². The van der Waals surface area contributed by atoms with Crippen LogP contribution in [0.3, 0.4) is 0 Å². The lowest BCUT2D eigenvalue weighted by Gasteiger charge is -2.42. The Kier molecular flexibility index (Phi) is 4.62. The fourth-order valence-corrected chi connectivity index (χ4v) is 3.64. The van der Waals surface area contributed by atoms with E-state index >= 15 is 0 Å². The molecule has 2 fully saturated rings. The Morgan fingerprint density at radius 2 is 1.63 bits per heavy atom. The molecule has 0 radical (unpaired) electrons. The first kappa shape index (κ1) is 15.3. The third kappa shape index (κ3) is 4.19. The van der Waals surface area contributed by atoms with E-state index in [0.717, 1.165) is 44.1 Å². The maximum Gasteiger partial charge on any atom is 0.0772 e. The molecule has 2 heteroatoms. The van der Waals surface area contributed by atoms with Crippen LogP contribution in [0, 0.1) is 17.3 Å². The Morgan fingerprint density at radius 1 is 1.00 bits per heavy atom. The van der Waals surface area contributed by atoms with E-state index in [2.05, 4.69) is 33.0 Å². The monoisotopic (exact) mass is 267 g/mol. The van der Waals surface area contributed by atoms with Crippen molar-refractivity contribution >= 4 is 0 Å². The quantitative estimate of drug-likeness (QED) is 0.816. The van der Waals surface area contributed by atoms with Crippen molar-refractivity contribution in [1.82, 2.24) is 5.32 Å². The molecule has 2 N–H and O–H groups in total. The summed E-state index contributed by atoms with van der Waals surface area (Å²) in [5, 5.41) is 14.3. The summed E-state index contributed by atoms with van der Waals surface area (Å²) in [7, 11) is 0. The topological polar surface area (TPSA) is 32.3 Å². The average Bonchev–Trinajstić information content (AvgIpc) is 2.36. The summed E-state index contributed by atoms with van der Waals surface area (Å²) in [4.78, 5) is 0. The Labute approximate surface area is 119 Å². The lowest BCUT2D eigenvalue weighted by atomic mass is 9.71. The minimum Gasteiger partial charge on any atom is -0.389 e. The van der Waals surface area contributed by atoms with E-state index in [0.29, 0.717) is 11.5 Å². The van der Waals surface area contributed by atoms with Crippen molar-refractivity contribution in [3.63, 3.8) is 0 Å². The van der Waals surface area contributed by atoms with E-state index < -0.39 is 5.60 Å². The molecule has 0 amide bonds. The molecule has 0 aromatic rings. The fraction of sp³-hybridized carbons (Fsp3) is 1.00. The van der Waals surface area contributed by atoms with Gasteiger partial charge in [0.1, 0.15) is 0 Å². The van der Waals surface area contributed by atoms with E-state index in [1.165, 1.54) is 19.3 Å². The van der Waals surface area contributed by atoms with Gasteiger partial charge in [-0.3, -0.25) is 0 Å². The van der Waals surface area contributed by atoms with Gasteiger partial charge in [0.15, 0.2) is 0 Å². The van der Waals surface area contributed by atoms with Gasteiger partial charge in [-0.1, -0.05) is 27.7 Å². The summed E-state index contributed by atoms with van der Waals surface area (Å²) in [6, 6.07) is 0.630. The molecule has 3 unspecified atom stereocenters. The Balaban J connectivity index is 1.76. The Hall–Kier alpha value is -0.0800. The minimum absolute atomic E-state index is 0.432. The zero-order chi connectivity index (χ0) is 14.1. The van der Waals surface area contributed by atoms with Crippen molar-refractivity contribution in [3.05, 3.63) is 0 Å². The summed E-state index contributed by atoms with van der Waals surface area (Å²) in [5.74, 6) is 1.70. The van der Waals surface area contributed by atoms with Crippen LogP contribution in [0.4, 0.5) is 0 Å². The standard InChI is InChI=1S/C17H33NO/c1-13-5-6-15(11-14(13)2)18-12-17(19)9-7-16(3,4)8-10-17/h13-15,18-19H,5-12H2,1-4H3. The van der Waals surface area contributed by atoms with Crippen molar-refractivity contribution in [2.45, 2.75) is 84.3 Å². The number of aliphatic hydroxyl groups is 1. The van der Waals surface area contributed by atoms with Crippen LogP contribution in [-0.2, 0) is 0 Å². The molecule has 2 rings (SSSR count). The predicted octanol–water partition coefficient (Wildman–Crippen LogP) is 3.73. The van der Waals surface area contributed by atoms with Gasteiger partial charge in [0.25, 0.3) is 0 Å². The number of hydrogen-bond acceptors (Lipinski definition) is 2. The fourth-order valence-electron chi connectivity index (χ4n) is 3.64. The van der Waals surface area contributed by atoms with Crippen LogP contribution in [0.25, 0.3) is 0 Å². The second-order valence-electron chi connectivity index (χ2n) is 8.23. The highest BCUT2D eigenvalue weighted by molar-refractivity contribution is 4.92. The molecule has 0 aromatic heterocycles. The van der Waals surface area contributed by atoms with Gasteiger partial charge >= 0.3 is 0 Å². The van der Waals surface area contributed by atoms with Gasteiger partial charge in [0.2, 0.25) is 0 Å². The third-order valence-electron chi connectivity index (χ3n) is 5.85. The lowest BCUT2D eigenvalue weighted by molar-refractivity contribution is -0.0275. The van der Waals surface area contributed by atoms with Crippen LogP contribution in [0.1, 0.15) is 72.6 Å². The van der Waals surface area contributed by atoms with Crippen LogP contribution < -0.4 is 5.32 Å². The van der Waals surface area contributed by atoms with E-state index in [1.807, 2.05) is 0 Å². The molecule has 2 nitrogen and oxygen atoms in total. The van der Waals surface area contributed by atoms with Crippen LogP contribution >= 0.6 is 0 Å². The van der Waals surface area contributed by atoms with Gasteiger partial charge in [-0.15, -0.1) is 0 Å². The second-order valence-corrected chi connectivity index (χ2v) is 8.23. The van der Waals surface area contributed by atoms with Gasteiger partial charge in [-0.2, -0.15) is 0 Å². The Bertz CT molecular complexity index is 290. The molecule has 3 atom stereocenters. The maximum atomic E-state index is 10.7. The lowest BCUT2D eigenvalue weighted by Crippen LogP contribution is -2.49. The summed E-state index contributed by atoms with van der Waals surface area (Å²) in [6.07, 6.45) is 8.14. The van der Waals surface area contributed by atoms with Crippen LogP contribution in [0.5, 0.6) is 0 Å². The molecule has 19 heavy (non-hydrogen) atoms. The molecular weight excluding hydrogens is 234 g/mol. The first-order valence-electron chi connectivity index (χ1n) is 8.25. The van der Waals surface area contributed by atoms with Crippen LogP contribution in [-0.4, -0.2) is 23.3 Å². The van der Waals surface area contributed by atoms with Crippen LogP contribution in [0.2, 0.25) is 0 Å². The SMILES string of the molecule is CC1CCC(NCC2(O)CCC(C)(C)CC2)CC1C. The van der Waals surface area contributed by atoms with Gasteiger partial charge in [-0.25, -0.2) is 0 Å². The molecule has 0 spiro atoms. The zero-order valence-electron chi connectivity index (χ0n) is 13.3. The van der Waals surface area contributed by atoms with E-state index in [-0.39, 0.29) is 0 Å². The normalized spacial score (nSPS) is 38.1. The third-order valence-corrected chi connectivity index (χ3v) is 5.85. The molecule has 0 aliphatic heterocycles. The molecule has 2 aliphatic rings. The first-order chi connectivity index (χ1) is 8.80. The summed E-state index contributed by atoms with van der Waals surface area (Å²) < 4.78 is 0. The average molecular weight is 267 g/mol. The largest absolute Gasteiger partial charge is 0.389 e. The number of hydrogen-bond donors (Lipinski definition) is 2. The highest BCUT2D eigenvalue weighted by Crippen LogP contribution is 2.40. The van der Waals surface area contributed by atoms with E-state index in [9.17, 15) is 5.11 Å². The van der Waals surface area contributed by atoms with Crippen molar-refractivity contribution in [3.8, 4) is 0 Å². The number of nitrogens with one attached hydrogen (secondary N) is 1. The second kappa shape index (κ2) is 5.73. The molecule has 2 saturated carbocycles. The van der Waals surface area contributed by atoms with Crippen molar-refractivity contribution in [2.24, 2.45) is 17.3 Å². The molecule has 0 bridgehead atoms. The maximum absolute atomic E-state index is 10.7. The molecule has 0 aromatic carbocycles. The van der Waals surface area contributed by atoms with Gasteiger partial charge in [0, 0.05) is 12.6 Å². The van der Waals surface area contributed by atoms with E-state index in [4.69, 9.17) is 0 Å². The molecule has 112 valence electrons. The summed E-state index contributed by atoms with van der Waals surface area (Å²) in [6.45, 7) is 10.2. The van der Waals surface area contributed by atoms with Gasteiger partial charge in [-0.05, 0) is 62.2 Å². The van der Waals surface area contributed by atoms with Gasteiger partial charge in [0.05, 0.1) is 5.60 Å². The molecular formula is C17H33NO. The molecule has 0 heterocycles. The molecule has 2 aliphatic carbocycles. The summed E-state index contributed by atoms with van der Waals surface area (Å²) >= 11 is 0. The summed E-state index contributed by atoms with van der Waals surface area (Å²) in [5.41, 5.74) is -0.0111. The first-order valence-corrected chi connectivity index (χ1v) is 8.25.